The third-order valence-corrected chi connectivity index (χ3v) is 5.22. The summed E-state index contributed by atoms with van der Waals surface area (Å²) in [7, 11) is -1.47. The fourth-order valence-electron chi connectivity index (χ4n) is 2.41. The molecular weight excluding hydrogens is 336 g/mol. The van der Waals surface area contributed by atoms with E-state index in [0.29, 0.717) is 6.42 Å². The molecule has 0 aliphatic heterocycles. The molecule has 1 N–H and O–H groups in total. The van der Waals surface area contributed by atoms with Gasteiger partial charge in [0.05, 0.1) is 5.75 Å². The second kappa shape index (κ2) is 9.36. The number of nitrogens with zero attached hydrogens (tertiary/aromatic N) is 3. The smallest absolute Gasteiger partial charge is 0.233 e. The number of benzene rings is 1. The number of rotatable bonds is 10. The van der Waals surface area contributed by atoms with Crippen molar-refractivity contribution in [3.05, 3.63) is 48.0 Å². The van der Waals surface area contributed by atoms with E-state index < -0.39 is 10.0 Å². The van der Waals surface area contributed by atoms with Gasteiger partial charge in [-0.25, -0.2) is 8.42 Å². The molecule has 0 saturated carbocycles. The molecule has 1 aromatic carbocycles. The van der Waals surface area contributed by atoms with Crippen molar-refractivity contribution in [2.24, 2.45) is 0 Å². The Hall–Kier alpha value is -2.15. The summed E-state index contributed by atoms with van der Waals surface area (Å²) in [4.78, 5) is 2.01. The summed E-state index contributed by atoms with van der Waals surface area (Å²) in [6, 6.07) is 13.3. The van der Waals surface area contributed by atoms with E-state index in [4.69, 9.17) is 0 Å². The normalized spacial score (nSPS) is 11.3. The van der Waals surface area contributed by atoms with Crippen LogP contribution in [0.4, 0.5) is 11.6 Å². The van der Waals surface area contributed by atoms with Crippen molar-refractivity contribution in [2.45, 2.75) is 32.6 Å². The second-order valence-electron chi connectivity index (χ2n) is 6.06. The van der Waals surface area contributed by atoms with Gasteiger partial charge in [0, 0.05) is 13.6 Å². The Kier molecular flexibility index (Phi) is 7.18. The number of aryl methyl sites for hydroxylation is 1. The molecule has 2 aromatic rings. The van der Waals surface area contributed by atoms with Gasteiger partial charge in [-0.2, -0.15) is 0 Å². The van der Waals surface area contributed by atoms with Crippen LogP contribution in [0.1, 0.15) is 31.7 Å². The van der Waals surface area contributed by atoms with E-state index in [1.165, 1.54) is 0 Å². The summed E-state index contributed by atoms with van der Waals surface area (Å²) in [5, 5.41) is 8.07. The Morgan fingerprint density at radius 2 is 1.80 bits per heavy atom. The lowest BCUT2D eigenvalue weighted by Gasteiger charge is -2.17. The van der Waals surface area contributed by atoms with Gasteiger partial charge < -0.3 is 4.90 Å². The Morgan fingerprint density at radius 1 is 1.04 bits per heavy atom. The number of nitrogens with one attached hydrogen (secondary N) is 1. The fourth-order valence-corrected chi connectivity index (χ4v) is 3.47. The van der Waals surface area contributed by atoms with Crippen LogP contribution in [0.15, 0.2) is 42.5 Å². The molecule has 0 spiro atoms. The van der Waals surface area contributed by atoms with Crippen molar-refractivity contribution < 1.29 is 8.42 Å². The highest BCUT2D eigenvalue weighted by molar-refractivity contribution is 7.92. The van der Waals surface area contributed by atoms with Crippen LogP contribution in [-0.4, -0.2) is 38.0 Å². The lowest BCUT2D eigenvalue weighted by molar-refractivity contribution is 0.598. The summed E-state index contributed by atoms with van der Waals surface area (Å²) in [5.74, 6) is 1.05. The summed E-state index contributed by atoms with van der Waals surface area (Å²) < 4.78 is 26.8. The minimum Gasteiger partial charge on any atom is -0.358 e. The predicted octanol–water partition coefficient (Wildman–Crippen LogP) is 3.09. The fraction of sp³-hybridized carbons (Fsp3) is 0.444. The van der Waals surface area contributed by atoms with Crippen molar-refractivity contribution >= 4 is 21.7 Å². The zero-order valence-corrected chi connectivity index (χ0v) is 15.7. The van der Waals surface area contributed by atoms with E-state index in [9.17, 15) is 8.42 Å². The molecule has 0 amide bonds. The Labute approximate surface area is 150 Å². The minimum absolute atomic E-state index is 0.0573. The quantitative estimate of drug-likeness (QED) is 0.703. The Bertz CT molecular complexity index is 733. The first-order chi connectivity index (χ1) is 12.0. The monoisotopic (exact) mass is 362 g/mol. The Balaban J connectivity index is 1.85. The number of aromatic nitrogens is 2. The van der Waals surface area contributed by atoms with Crippen LogP contribution in [0.25, 0.3) is 0 Å². The van der Waals surface area contributed by atoms with E-state index >= 15 is 0 Å². The summed E-state index contributed by atoms with van der Waals surface area (Å²) in [5.41, 5.74) is 1.14. The number of hydrogen-bond acceptors (Lipinski definition) is 5. The first-order valence-electron chi connectivity index (χ1n) is 8.59. The lowest BCUT2D eigenvalue weighted by Crippen LogP contribution is -2.21. The molecule has 25 heavy (non-hydrogen) atoms. The molecule has 0 radical (unpaired) electrons. The molecule has 2 rings (SSSR count). The third-order valence-electron chi connectivity index (χ3n) is 3.87. The molecular formula is C18H26N4O2S. The van der Waals surface area contributed by atoms with Gasteiger partial charge >= 0.3 is 0 Å². The van der Waals surface area contributed by atoms with Gasteiger partial charge in [0.1, 0.15) is 0 Å². The molecule has 0 unspecified atom stereocenters. The SMILES string of the molecule is CCCCN(C)c1ccc(NS(=O)(=O)CCCc2ccccc2)nn1. The Morgan fingerprint density at radius 3 is 2.44 bits per heavy atom. The highest BCUT2D eigenvalue weighted by Crippen LogP contribution is 2.12. The first kappa shape index (κ1) is 19.2. The van der Waals surface area contributed by atoms with Crippen LogP contribution >= 0.6 is 0 Å². The zero-order chi connectivity index (χ0) is 18.1. The van der Waals surface area contributed by atoms with Crippen LogP contribution in [0.5, 0.6) is 0 Å². The van der Waals surface area contributed by atoms with Gasteiger partial charge in [0.15, 0.2) is 11.6 Å². The molecule has 6 nitrogen and oxygen atoms in total. The van der Waals surface area contributed by atoms with Crippen molar-refractivity contribution in [1.29, 1.82) is 0 Å². The molecule has 0 aliphatic carbocycles. The molecule has 0 fully saturated rings. The topological polar surface area (TPSA) is 75.2 Å². The first-order valence-corrected chi connectivity index (χ1v) is 10.2. The summed E-state index contributed by atoms with van der Waals surface area (Å²) in [6.45, 7) is 3.03. The molecule has 136 valence electrons. The van der Waals surface area contributed by atoms with Crippen LogP contribution in [0.2, 0.25) is 0 Å². The second-order valence-corrected chi connectivity index (χ2v) is 7.90. The highest BCUT2D eigenvalue weighted by Gasteiger charge is 2.12. The number of sulfonamides is 1. The van der Waals surface area contributed by atoms with Crippen LogP contribution in [0.3, 0.4) is 0 Å². The molecule has 1 aromatic heterocycles. The maximum atomic E-state index is 12.2. The van der Waals surface area contributed by atoms with Crippen LogP contribution < -0.4 is 9.62 Å². The largest absolute Gasteiger partial charge is 0.358 e. The van der Waals surface area contributed by atoms with E-state index in [1.807, 2.05) is 42.3 Å². The highest BCUT2D eigenvalue weighted by atomic mass is 32.2. The van der Waals surface area contributed by atoms with E-state index in [2.05, 4.69) is 21.8 Å². The molecule has 7 heteroatoms. The van der Waals surface area contributed by atoms with Gasteiger partial charge in [-0.3, -0.25) is 4.72 Å². The van der Waals surface area contributed by atoms with Crippen LogP contribution in [0, 0.1) is 0 Å². The minimum atomic E-state index is -3.42. The van der Waals surface area contributed by atoms with Crippen LogP contribution in [-0.2, 0) is 16.4 Å². The van der Waals surface area contributed by atoms with E-state index in [0.717, 1.165) is 37.2 Å². The standard InChI is InChI=1S/C18H26N4O2S/c1-3-4-14-22(2)18-13-12-17(19-20-18)21-25(23,24)15-8-11-16-9-6-5-7-10-16/h5-7,9-10,12-13H,3-4,8,11,14-15H2,1-2H3,(H,19,21). The van der Waals surface area contributed by atoms with Crippen molar-refractivity contribution in [3.63, 3.8) is 0 Å². The average Bonchev–Trinajstić information content (AvgIpc) is 2.60. The van der Waals surface area contributed by atoms with Gasteiger partial charge in [0.2, 0.25) is 10.0 Å². The molecule has 1 heterocycles. The van der Waals surface area contributed by atoms with Crippen molar-refractivity contribution in [1.82, 2.24) is 10.2 Å². The summed E-state index contributed by atoms with van der Waals surface area (Å²) in [6.07, 6.45) is 3.48. The van der Waals surface area contributed by atoms with Gasteiger partial charge in [-0.05, 0) is 37.0 Å². The van der Waals surface area contributed by atoms with Gasteiger partial charge in [0.25, 0.3) is 0 Å². The number of anilines is 2. The molecule has 0 aliphatic rings. The molecule has 0 atom stereocenters. The third kappa shape index (κ3) is 6.70. The number of unbranched alkanes of at least 4 members (excludes halogenated alkanes) is 1. The van der Waals surface area contributed by atoms with Crippen molar-refractivity contribution in [3.8, 4) is 0 Å². The summed E-state index contributed by atoms with van der Waals surface area (Å²) >= 11 is 0. The lowest BCUT2D eigenvalue weighted by atomic mass is 10.1. The van der Waals surface area contributed by atoms with E-state index in [-0.39, 0.29) is 11.6 Å². The van der Waals surface area contributed by atoms with E-state index in [1.54, 1.807) is 12.1 Å². The molecule has 0 saturated heterocycles. The van der Waals surface area contributed by atoms with Gasteiger partial charge in [-0.1, -0.05) is 43.7 Å². The maximum Gasteiger partial charge on any atom is 0.233 e. The van der Waals surface area contributed by atoms with Gasteiger partial charge in [-0.15, -0.1) is 10.2 Å². The molecule has 0 bridgehead atoms. The predicted molar refractivity (Wildman–Crippen MR) is 102 cm³/mol. The number of hydrogen-bond donors (Lipinski definition) is 1. The zero-order valence-electron chi connectivity index (χ0n) is 14.9. The average molecular weight is 362 g/mol. The van der Waals surface area contributed by atoms with Crippen molar-refractivity contribution in [2.75, 3.05) is 29.0 Å². The maximum absolute atomic E-state index is 12.2.